The molecule has 0 saturated heterocycles. The Morgan fingerprint density at radius 3 is 2.00 bits per heavy atom. The first-order valence-corrected chi connectivity index (χ1v) is 11.4. The molecule has 168 valence electrons. The first-order chi connectivity index (χ1) is 15.5. The molecule has 0 unspecified atom stereocenters. The Morgan fingerprint density at radius 1 is 0.844 bits per heavy atom. The first-order valence-electron chi connectivity index (χ1n) is 11.4. The van der Waals surface area contributed by atoms with Crippen LogP contribution in [-0.4, -0.2) is 0 Å². The van der Waals surface area contributed by atoms with Crippen LogP contribution in [0.15, 0.2) is 116 Å². The molecule has 1 heteroatoms. The molecule has 0 heterocycles. The lowest BCUT2D eigenvalue weighted by molar-refractivity contribution is 0.663. The van der Waals surface area contributed by atoms with E-state index >= 15 is 0 Å². The van der Waals surface area contributed by atoms with Gasteiger partial charge in [0.15, 0.2) is 0 Å². The highest BCUT2D eigenvalue weighted by Crippen LogP contribution is 2.50. The van der Waals surface area contributed by atoms with Gasteiger partial charge in [0.05, 0.1) is 0 Å². The van der Waals surface area contributed by atoms with Gasteiger partial charge in [-0.05, 0) is 58.7 Å². The molecule has 1 nitrogen and oxygen atoms in total. The van der Waals surface area contributed by atoms with Gasteiger partial charge in [-0.25, -0.2) is 0 Å². The number of benzene rings is 2. The lowest BCUT2D eigenvalue weighted by Gasteiger charge is -2.28. The molecule has 0 amide bonds. The zero-order valence-electron chi connectivity index (χ0n) is 20.8. The number of hydrogen-bond donors (Lipinski definition) is 0. The normalized spacial score (nSPS) is 14.9. The maximum Gasteiger partial charge on any atom is 0.0465 e. The van der Waals surface area contributed by atoms with Gasteiger partial charge in [0.25, 0.3) is 0 Å². The van der Waals surface area contributed by atoms with E-state index in [-0.39, 0.29) is 5.41 Å². The number of allylic oxidation sites excluding steroid dienone is 7. The molecule has 0 spiro atoms. The topological polar surface area (TPSA) is 3.24 Å². The summed E-state index contributed by atoms with van der Waals surface area (Å²) in [5.41, 5.74) is 7.77. The molecule has 2 aromatic rings. The van der Waals surface area contributed by atoms with Crippen LogP contribution in [0.25, 0.3) is 5.57 Å². The number of anilines is 2. The molecule has 0 N–H and O–H groups in total. The van der Waals surface area contributed by atoms with Crippen LogP contribution in [0.1, 0.15) is 52.7 Å². The Balaban J connectivity index is 0.00000121. The number of hydrogen-bond acceptors (Lipinski definition) is 1. The predicted octanol–water partition coefficient (Wildman–Crippen LogP) is 9.55. The van der Waals surface area contributed by atoms with Crippen molar-refractivity contribution in [2.75, 3.05) is 4.90 Å². The van der Waals surface area contributed by atoms with E-state index < -0.39 is 0 Å². The number of para-hydroxylation sites is 1. The minimum Gasteiger partial charge on any atom is -0.311 e. The van der Waals surface area contributed by atoms with Crippen molar-refractivity contribution in [1.29, 1.82) is 0 Å². The summed E-state index contributed by atoms with van der Waals surface area (Å²) in [6.45, 7) is 28.5. The zero-order chi connectivity index (χ0) is 24.3. The van der Waals surface area contributed by atoms with Crippen molar-refractivity contribution in [3.63, 3.8) is 0 Å². The summed E-state index contributed by atoms with van der Waals surface area (Å²) < 4.78 is 0. The fourth-order valence-corrected chi connectivity index (χ4v) is 3.77. The fourth-order valence-electron chi connectivity index (χ4n) is 3.77. The Kier molecular flexibility index (Phi) is 10.4. The molecule has 0 bridgehead atoms. The molecule has 0 fully saturated rings. The SMILES string of the molecule is C=C/C=C1\C(=C)C(C)(C)c2cc(N(/C(C=C)=C/C=C)c3ccccc3)ccc21.CC.CC. The van der Waals surface area contributed by atoms with Crippen molar-refractivity contribution in [3.05, 3.63) is 128 Å². The van der Waals surface area contributed by atoms with Crippen LogP contribution < -0.4 is 4.90 Å². The van der Waals surface area contributed by atoms with Crippen molar-refractivity contribution in [1.82, 2.24) is 0 Å². The van der Waals surface area contributed by atoms with Crippen LogP contribution in [0.4, 0.5) is 11.4 Å². The molecular weight excluding hydrogens is 386 g/mol. The van der Waals surface area contributed by atoms with Gasteiger partial charge in [0.1, 0.15) is 0 Å². The Hall–Kier alpha value is -3.32. The van der Waals surface area contributed by atoms with Gasteiger partial charge in [0, 0.05) is 22.5 Å². The van der Waals surface area contributed by atoms with E-state index in [9.17, 15) is 0 Å². The van der Waals surface area contributed by atoms with E-state index in [1.165, 1.54) is 16.7 Å². The van der Waals surface area contributed by atoms with Crippen molar-refractivity contribution in [2.45, 2.75) is 47.0 Å². The Bertz CT molecular complexity index is 1000. The van der Waals surface area contributed by atoms with Crippen molar-refractivity contribution in [3.8, 4) is 0 Å². The average molecular weight is 426 g/mol. The number of rotatable bonds is 6. The summed E-state index contributed by atoms with van der Waals surface area (Å²) in [6.07, 6.45) is 9.50. The second-order valence-electron chi connectivity index (χ2n) is 7.35. The van der Waals surface area contributed by atoms with Gasteiger partial charge >= 0.3 is 0 Å². The standard InChI is InChI=1S/C27H27N.2C2H6/c1-7-13-21(9-3)28(22-15-11-10-12-16-22)23-17-18-25-24(14-8-2)20(4)27(5,6)26(25)19-23;2*1-2/h7-19H,1-4H2,5-6H3;2*1-2H3/b21-13+,24-14+;;. The molecule has 0 aliphatic heterocycles. The minimum atomic E-state index is -0.140. The molecule has 1 aliphatic rings. The highest BCUT2D eigenvalue weighted by atomic mass is 15.1. The summed E-state index contributed by atoms with van der Waals surface area (Å²) in [7, 11) is 0. The van der Waals surface area contributed by atoms with Gasteiger partial charge in [-0.1, -0.05) is 110 Å². The Labute approximate surface area is 196 Å². The predicted molar refractivity (Wildman–Crippen MR) is 147 cm³/mol. The van der Waals surface area contributed by atoms with Gasteiger partial charge in [-0.15, -0.1) is 0 Å². The summed E-state index contributed by atoms with van der Waals surface area (Å²) in [4.78, 5) is 2.20. The van der Waals surface area contributed by atoms with Gasteiger partial charge in [-0.2, -0.15) is 0 Å². The van der Waals surface area contributed by atoms with Gasteiger partial charge in [-0.3, -0.25) is 0 Å². The summed E-state index contributed by atoms with van der Waals surface area (Å²) in [5, 5.41) is 0. The average Bonchev–Trinajstić information content (AvgIpc) is 3.02. The van der Waals surface area contributed by atoms with Gasteiger partial charge in [0.2, 0.25) is 0 Å². The third kappa shape index (κ3) is 5.29. The lowest BCUT2D eigenvalue weighted by atomic mass is 9.83. The van der Waals surface area contributed by atoms with E-state index in [4.69, 9.17) is 0 Å². The van der Waals surface area contributed by atoms with Crippen LogP contribution in [0, 0.1) is 0 Å². The maximum absolute atomic E-state index is 4.36. The van der Waals surface area contributed by atoms with Crippen LogP contribution >= 0.6 is 0 Å². The largest absolute Gasteiger partial charge is 0.311 e. The first kappa shape index (κ1) is 26.7. The van der Waals surface area contributed by atoms with E-state index in [0.717, 1.165) is 22.6 Å². The molecule has 32 heavy (non-hydrogen) atoms. The molecule has 0 atom stereocenters. The van der Waals surface area contributed by atoms with E-state index in [1.54, 1.807) is 6.08 Å². The van der Waals surface area contributed by atoms with Crippen LogP contribution in [0.3, 0.4) is 0 Å². The monoisotopic (exact) mass is 425 g/mol. The van der Waals surface area contributed by atoms with Gasteiger partial charge < -0.3 is 4.90 Å². The fraction of sp³-hybridized carbons (Fsp3) is 0.226. The quantitative estimate of drug-likeness (QED) is 0.416. The molecule has 0 aromatic heterocycles. The molecule has 0 saturated carbocycles. The summed E-state index contributed by atoms with van der Waals surface area (Å²) in [6, 6.07) is 16.9. The van der Waals surface area contributed by atoms with E-state index in [0.29, 0.717) is 0 Å². The van der Waals surface area contributed by atoms with Crippen LogP contribution in [0.5, 0.6) is 0 Å². The molecule has 2 aromatic carbocycles. The molecule has 3 rings (SSSR count). The highest BCUT2D eigenvalue weighted by Gasteiger charge is 2.37. The minimum absolute atomic E-state index is 0.140. The molecular formula is C31H39N. The second-order valence-corrected chi connectivity index (χ2v) is 7.35. The molecule has 0 radical (unpaired) electrons. The number of fused-ring (bicyclic) bond motifs is 1. The third-order valence-electron chi connectivity index (χ3n) is 5.36. The maximum atomic E-state index is 4.36. The molecule has 1 aliphatic carbocycles. The van der Waals surface area contributed by atoms with E-state index in [2.05, 4.69) is 81.5 Å². The van der Waals surface area contributed by atoms with Crippen molar-refractivity contribution >= 4 is 16.9 Å². The number of nitrogens with zero attached hydrogens (tertiary/aromatic N) is 1. The van der Waals surface area contributed by atoms with Crippen LogP contribution in [0.2, 0.25) is 0 Å². The van der Waals surface area contributed by atoms with E-state index in [1.807, 2.05) is 64.1 Å². The van der Waals surface area contributed by atoms with Crippen molar-refractivity contribution in [2.24, 2.45) is 0 Å². The smallest absolute Gasteiger partial charge is 0.0465 e. The lowest BCUT2D eigenvalue weighted by Crippen LogP contribution is -2.18. The zero-order valence-corrected chi connectivity index (χ0v) is 20.8. The summed E-state index contributed by atoms with van der Waals surface area (Å²) >= 11 is 0. The highest BCUT2D eigenvalue weighted by molar-refractivity contribution is 5.91. The summed E-state index contributed by atoms with van der Waals surface area (Å²) in [5.74, 6) is 0. The van der Waals surface area contributed by atoms with Crippen LogP contribution in [-0.2, 0) is 5.41 Å². The Morgan fingerprint density at radius 2 is 1.47 bits per heavy atom. The van der Waals surface area contributed by atoms with Crippen molar-refractivity contribution < 1.29 is 0 Å². The third-order valence-corrected chi connectivity index (χ3v) is 5.36. The second kappa shape index (κ2) is 12.5.